The number of rotatable bonds is 15. The molecule has 6 aromatic heterocycles. The number of benzene rings is 21. The lowest BCUT2D eigenvalue weighted by atomic mass is 9.89. The molecule has 0 saturated heterocycles. The Morgan fingerprint density at radius 1 is 0.145 bits per heavy atom. The molecule has 1 unspecified atom stereocenters. The number of para-hydroxylation sites is 5. The number of allylic oxidation sites excluding steroid dienone is 4. The molecule has 0 aliphatic heterocycles. The van der Waals surface area contributed by atoms with E-state index in [2.05, 4.69) is 531 Å². The Morgan fingerprint density at radius 2 is 0.384 bits per heavy atom. The molecule has 0 N–H and O–H groups in total. The highest BCUT2D eigenvalue weighted by Gasteiger charge is 2.26. The molecule has 27 aromatic rings. The Kier molecular flexibility index (Phi) is 18.1. The van der Waals surface area contributed by atoms with E-state index in [0.717, 1.165) is 62.6 Å². The number of hydrogen-bond acceptors (Lipinski definition) is 0. The van der Waals surface area contributed by atoms with E-state index in [1.54, 1.807) is 0 Å². The minimum Gasteiger partial charge on any atom is -0.310 e. The van der Waals surface area contributed by atoms with E-state index < -0.39 is 0 Å². The lowest BCUT2D eigenvalue weighted by Crippen LogP contribution is -2.03. The van der Waals surface area contributed by atoms with Crippen molar-refractivity contribution in [1.29, 1.82) is 0 Å². The number of aromatic nitrogens is 6. The van der Waals surface area contributed by atoms with E-state index in [9.17, 15) is 0 Å². The zero-order valence-electron chi connectivity index (χ0n) is 75.4. The largest absolute Gasteiger partial charge is 0.310 e. The third-order valence-corrected chi connectivity index (χ3v) is 29.3. The van der Waals surface area contributed by atoms with Crippen LogP contribution in [0, 0.1) is 0 Å². The third-order valence-electron chi connectivity index (χ3n) is 29.3. The topological polar surface area (TPSA) is 29.6 Å². The standard InChI is InChI=1S/C132H86N6/c1-5-25-85(26-6-1)89-47-58-103(59-48-89)133-121-42-18-13-37-109(121)114-79-97(54-67-126(114)133)99-56-69-128-116(81-99)111-39-15-20-44-123(111)136(128)106-64-71-131-119(83-106)113-41-17-22-46-125(113)138(131)108-76-101(88-31-11-4-12-32-88)75-102(77-108)95-36-24-35-94(74-95)93-34-23-33-92(73-93)91-51-62-104(63-52-91)134-122-43-19-14-38-110(122)115-80-98(55-68-127(115)134)100-57-70-129-117(82-100)112-40-16-21-45-124(112)137(129)107-65-72-132-120(84-107)118-78-96(87-29-9-3-10-30-87)53-66-130(118)135(132)105-60-49-90(50-61-105)86-27-7-2-8-28-86/h1-51,53-84,91H,52H2. The summed E-state index contributed by atoms with van der Waals surface area (Å²) in [6.07, 6.45) is 8.10. The van der Waals surface area contributed by atoms with Crippen LogP contribution in [-0.2, 0) is 0 Å². The minimum absolute atomic E-state index is 0.193. The van der Waals surface area contributed by atoms with Gasteiger partial charge in [0.15, 0.2) is 0 Å². The second-order valence-corrected chi connectivity index (χ2v) is 37.0. The van der Waals surface area contributed by atoms with Crippen LogP contribution in [0.15, 0.2) is 504 Å². The van der Waals surface area contributed by atoms with Crippen molar-refractivity contribution in [2.45, 2.75) is 12.3 Å². The predicted molar refractivity (Wildman–Crippen MR) is 582 cm³/mol. The average Bonchev–Trinajstić information content (AvgIpc) is 1.56. The summed E-state index contributed by atoms with van der Waals surface area (Å²) in [4.78, 5) is 0. The summed E-state index contributed by atoms with van der Waals surface area (Å²) < 4.78 is 14.7. The maximum Gasteiger partial charge on any atom is 0.0542 e. The maximum absolute atomic E-state index is 2.48. The highest BCUT2D eigenvalue weighted by Crippen LogP contribution is 2.48. The molecule has 21 aromatic carbocycles. The molecule has 0 radical (unpaired) electrons. The first-order chi connectivity index (χ1) is 68.4. The molecule has 6 heterocycles. The van der Waals surface area contributed by atoms with Crippen LogP contribution >= 0.6 is 0 Å². The molecule has 1 atom stereocenters. The molecular formula is C132H86N6. The third kappa shape index (κ3) is 12.9. The van der Waals surface area contributed by atoms with Gasteiger partial charge in [0.25, 0.3) is 0 Å². The van der Waals surface area contributed by atoms with Gasteiger partial charge in [-0.05, 0) is 283 Å². The van der Waals surface area contributed by atoms with Gasteiger partial charge in [-0.1, -0.05) is 322 Å². The highest BCUT2D eigenvalue weighted by molar-refractivity contribution is 6.18. The molecule has 0 saturated carbocycles. The van der Waals surface area contributed by atoms with Crippen LogP contribution in [0.5, 0.6) is 0 Å². The van der Waals surface area contributed by atoms with Crippen LogP contribution in [0.2, 0.25) is 0 Å². The Bertz CT molecular complexity index is 9710. The summed E-state index contributed by atoms with van der Waals surface area (Å²) in [6.45, 7) is 0. The number of nitrogens with zero attached hydrogens (tertiary/aromatic N) is 6. The number of fused-ring (bicyclic) bond motifs is 18. The molecule has 0 amide bonds. The Balaban J connectivity index is 0.470. The molecular weight excluding hydrogens is 1670 g/mol. The SMILES string of the molecule is C1=CC(c2cccc(-c3cccc(-c4cc(-c5ccccc5)cc(-n5c6ccccc6c6cc(-n7c8ccccc8c8cc(-c9ccc%10c(c9)c9ccccc9n%10-c9ccc(-c%10ccccc%10)cc9)ccc87)ccc65)c4)c3)c2)CC=C1n1c2ccccc2c2cc(-c3ccc4c(c3)c3ccccc3n4-c3ccc4c(c3)c3cc(-c5ccccc5)ccc3n4-c3ccc(-c4ccccc4)cc3)ccc21. The van der Waals surface area contributed by atoms with Crippen molar-refractivity contribution in [2.75, 3.05) is 0 Å². The van der Waals surface area contributed by atoms with Crippen molar-refractivity contribution < 1.29 is 0 Å². The van der Waals surface area contributed by atoms with Crippen molar-refractivity contribution >= 4 is 137 Å². The van der Waals surface area contributed by atoms with Gasteiger partial charge in [0.1, 0.15) is 0 Å². The first-order valence-corrected chi connectivity index (χ1v) is 47.8. The van der Waals surface area contributed by atoms with Crippen LogP contribution in [-0.4, -0.2) is 27.4 Å². The molecule has 0 fully saturated rings. The van der Waals surface area contributed by atoms with Gasteiger partial charge in [-0.25, -0.2) is 0 Å². The minimum atomic E-state index is 0.193. The fourth-order valence-corrected chi connectivity index (χ4v) is 22.8. The van der Waals surface area contributed by atoms with Gasteiger partial charge in [0.05, 0.1) is 66.2 Å². The van der Waals surface area contributed by atoms with E-state index in [-0.39, 0.29) is 5.92 Å². The van der Waals surface area contributed by atoms with E-state index >= 15 is 0 Å². The Morgan fingerprint density at radius 3 is 0.783 bits per heavy atom. The van der Waals surface area contributed by atoms with E-state index in [4.69, 9.17) is 0 Å². The van der Waals surface area contributed by atoms with Crippen LogP contribution in [0.4, 0.5) is 0 Å². The molecule has 6 nitrogen and oxygen atoms in total. The average molecular weight is 1760 g/mol. The Labute approximate surface area is 797 Å². The second-order valence-electron chi connectivity index (χ2n) is 37.0. The normalized spacial score (nSPS) is 13.0. The zero-order chi connectivity index (χ0) is 90.6. The molecule has 28 rings (SSSR count). The van der Waals surface area contributed by atoms with Crippen molar-refractivity contribution in [3.8, 4) is 117 Å². The molecule has 0 spiro atoms. The first kappa shape index (κ1) is 78.5. The summed E-state index contributed by atoms with van der Waals surface area (Å²) >= 11 is 0. The van der Waals surface area contributed by atoms with Gasteiger partial charge in [0.2, 0.25) is 0 Å². The van der Waals surface area contributed by atoms with Crippen LogP contribution in [0.25, 0.3) is 254 Å². The first-order valence-electron chi connectivity index (χ1n) is 47.8. The van der Waals surface area contributed by atoms with E-state index in [0.29, 0.717) is 0 Å². The Hall–Kier alpha value is -18.1. The molecule has 1 aliphatic carbocycles. The van der Waals surface area contributed by atoms with Gasteiger partial charge < -0.3 is 27.4 Å². The molecule has 644 valence electrons. The number of hydrogen-bond donors (Lipinski definition) is 0. The molecule has 6 heteroatoms. The van der Waals surface area contributed by atoms with E-state index in [1.165, 1.54) is 203 Å². The monoisotopic (exact) mass is 1750 g/mol. The maximum atomic E-state index is 2.48. The predicted octanol–water partition coefficient (Wildman–Crippen LogP) is 35.2. The fourth-order valence-electron chi connectivity index (χ4n) is 22.8. The van der Waals surface area contributed by atoms with Crippen molar-refractivity contribution in [3.05, 3.63) is 509 Å². The van der Waals surface area contributed by atoms with Crippen LogP contribution in [0.1, 0.15) is 17.9 Å². The smallest absolute Gasteiger partial charge is 0.0542 e. The van der Waals surface area contributed by atoms with Crippen molar-refractivity contribution in [2.24, 2.45) is 0 Å². The van der Waals surface area contributed by atoms with Gasteiger partial charge >= 0.3 is 0 Å². The quantitative estimate of drug-likeness (QED) is 0.0979. The summed E-state index contributed by atoms with van der Waals surface area (Å²) in [6, 6.07) is 180. The molecule has 1 aliphatic rings. The zero-order valence-corrected chi connectivity index (χ0v) is 75.4. The molecule has 0 bridgehead atoms. The lowest BCUT2D eigenvalue weighted by molar-refractivity contribution is 0.850. The molecule has 138 heavy (non-hydrogen) atoms. The van der Waals surface area contributed by atoms with Crippen LogP contribution in [0.3, 0.4) is 0 Å². The van der Waals surface area contributed by atoms with Gasteiger partial charge in [0, 0.05) is 105 Å². The second kappa shape index (κ2) is 31.8. The summed E-state index contributed by atoms with van der Waals surface area (Å²) in [5.74, 6) is 0.193. The summed E-state index contributed by atoms with van der Waals surface area (Å²) in [7, 11) is 0. The lowest BCUT2D eigenvalue weighted by Gasteiger charge is -2.19. The van der Waals surface area contributed by atoms with E-state index in [1.807, 2.05) is 0 Å². The van der Waals surface area contributed by atoms with Gasteiger partial charge in [-0.3, -0.25) is 0 Å². The van der Waals surface area contributed by atoms with Gasteiger partial charge in [-0.15, -0.1) is 0 Å². The van der Waals surface area contributed by atoms with Crippen molar-refractivity contribution in [1.82, 2.24) is 27.4 Å². The highest BCUT2D eigenvalue weighted by atomic mass is 15.0. The van der Waals surface area contributed by atoms with Crippen molar-refractivity contribution in [3.63, 3.8) is 0 Å². The van der Waals surface area contributed by atoms with Gasteiger partial charge in [-0.2, -0.15) is 0 Å². The summed E-state index contributed by atoms with van der Waals surface area (Å²) in [5.41, 5.74) is 41.1. The van der Waals surface area contributed by atoms with Crippen LogP contribution < -0.4 is 0 Å². The fraction of sp³-hybridized carbons (Fsp3) is 0.0152. The summed E-state index contributed by atoms with van der Waals surface area (Å²) in [5, 5.41) is 14.6.